The molecule has 0 bridgehead atoms. The number of aromatic nitrogens is 2. The van der Waals surface area contributed by atoms with Gasteiger partial charge in [0, 0.05) is 37.6 Å². The quantitative estimate of drug-likeness (QED) is 0.470. The first-order valence-corrected chi connectivity index (χ1v) is 9.81. The van der Waals surface area contributed by atoms with Gasteiger partial charge in [-0.2, -0.15) is 0 Å². The van der Waals surface area contributed by atoms with Gasteiger partial charge in [-0.05, 0) is 36.8 Å². The maximum atomic E-state index is 12.4. The van der Waals surface area contributed by atoms with Gasteiger partial charge in [0.1, 0.15) is 19.0 Å². The molecule has 1 aliphatic rings. The number of pyridine rings is 1. The number of Topliss-reactive ketones (excluding diaryl/α,β-unsaturated/α-hetero) is 1. The molecule has 4 rings (SSSR count). The summed E-state index contributed by atoms with van der Waals surface area (Å²) in [6.45, 7) is 1.54. The molecule has 29 heavy (non-hydrogen) atoms. The summed E-state index contributed by atoms with van der Waals surface area (Å²) in [5, 5.41) is 2.88. The van der Waals surface area contributed by atoms with Gasteiger partial charge in [0.2, 0.25) is 5.91 Å². The number of hydrogen-bond donors (Lipinski definition) is 1. The molecule has 1 aliphatic heterocycles. The first kappa shape index (κ1) is 19.0. The Kier molecular flexibility index (Phi) is 5.74. The van der Waals surface area contributed by atoms with Crippen LogP contribution in [0.1, 0.15) is 35.4 Å². The minimum absolute atomic E-state index is 0.0824. The van der Waals surface area contributed by atoms with E-state index in [1.165, 1.54) is 0 Å². The highest BCUT2D eigenvalue weighted by molar-refractivity contribution is 5.98. The van der Waals surface area contributed by atoms with E-state index in [-0.39, 0.29) is 24.5 Å². The largest absolute Gasteiger partial charge is 0.486 e. The number of aryl methyl sites for hydroxylation is 1. The Labute approximate surface area is 168 Å². The van der Waals surface area contributed by atoms with E-state index in [2.05, 4.69) is 10.3 Å². The summed E-state index contributed by atoms with van der Waals surface area (Å²) in [5.74, 6) is 2.00. The van der Waals surface area contributed by atoms with Crippen LogP contribution >= 0.6 is 0 Å². The molecule has 1 N–H and O–H groups in total. The molecule has 150 valence electrons. The van der Waals surface area contributed by atoms with Crippen molar-refractivity contribution in [1.82, 2.24) is 14.7 Å². The van der Waals surface area contributed by atoms with E-state index >= 15 is 0 Å². The average Bonchev–Trinajstić information content (AvgIpc) is 3.18. The summed E-state index contributed by atoms with van der Waals surface area (Å²) in [5.41, 5.74) is 1.59. The summed E-state index contributed by atoms with van der Waals surface area (Å²) >= 11 is 0. The van der Waals surface area contributed by atoms with Crippen LogP contribution in [0.5, 0.6) is 11.5 Å². The molecule has 0 unspecified atom stereocenters. The molecule has 7 nitrogen and oxygen atoms in total. The third kappa shape index (κ3) is 4.56. The monoisotopic (exact) mass is 393 g/mol. The average molecular weight is 393 g/mol. The van der Waals surface area contributed by atoms with Crippen molar-refractivity contribution < 1.29 is 19.1 Å². The van der Waals surface area contributed by atoms with Crippen molar-refractivity contribution >= 4 is 17.2 Å². The molecule has 0 radical (unpaired) electrons. The number of nitrogens with zero attached hydrogens (tertiary/aromatic N) is 2. The third-order valence-electron chi connectivity index (χ3n) is 4.86. The number of carbonyl (C=O) groups is 2. The molecular weight excluding hydrogens is 370 g/mol. The lowest BCUT2D eigenvalue weighted by molar-refractivity contribution is -0.121. The lowest BCUT2D eigenvalue weighted by atomic mass is 10.1. The normalized spacial score (nSPS) is 12.7. The van der Waals surface area contributed by atoms with Crippen molar-refractivity contribution in [3.8, 4) is 11.5 Å². The maximum absolute atomic E-state index is 12.4. The molecule has 7 heteroatoms. The van der Waals surface area contributed by atoms with Crippen LogP contribution in [-0.4, -0.2) is 40.8 Å². The number of benzene rings is 1. The van der Waals surface area contributed by atoms with Crippen molar-refractivity contribution in [2.75, 3.05) is 19.8 Å². The summed E-state index contributed by atoms with van der Waals surface area (Å²) in [6.07, 6.45) is 5.72. The molecule has 2 aromatic heterocycles. The van der Waals surface area contributed by atoms with Gasteiger partial charge in [0.15, 0.2) is 17.3 Å². The van der Waals surface area contributed by atoms with Crippen LogP contribution in [0, 0.1) is 0 Å². The van der Waals surface area contributed by atoms with Gasteiger partial charge >= 0.3 is 0 Å². The van der Waals surface area contributed by atoms with Gasteiger partial charge in [-0.25, -0.2) is 4.98 Å². The van der Waals surface area contributed by atoms with Gasteiger partial charge in [-0.15, -0.1) is 0 Å². The maximum Gasteiger partial charge on any atom is 0.220 e. The smallest absolute Gasteiger partial charge is 0.220 e. The minimum Gasteiger partial charge on any atom is -0.486 e. The first-order chi connectivity index (χ1) is 14.2. The number of imidazole rings is 1. The van der Waals surface area contributed by atoms with E-state index in [1.54, 1.807) is 18.2 Å². The number of ether oxygens (including phenoxy) is 2. The molecule has 1 aromatic carbocycles. The fraction of sp³-hybridized carbons (Fsp3) is 0.318. The van der Waals surface area contributed by atoms with Gasteiger partial charge in [0.25, 0.3) is 0 Å². The Morgan fingerprint density at radius 1 is 1.07 bits per heavy atom. The molecule has 3 aromatic rings. The molecule has 1 amide bonds. The van der Waals surface area contributed by atoms with Gasteiger partial charge in [0.05, 0.1) is 11.7 Å². The van der Waals surface area contributed by atoms with Crippen molar-refractivity contribution in [2.45, 2.75) is 25.7 Å². The molecule has 3 heterocycles. The number of ketones is 1. The Hall–Kier alpha value is -3.35. The molecule has 0 saturated carbocycles. The topological polar surface area (TPSA) is 81.9 Å². The minimum atomic E-state index is -0.121. The van der Waals surface area contributed by atoms with E-state index in [0.29, 0.717) is 36.8 Å². The zero-order valence-electron chi connectivity index (χ0n) is 16.1. The van der Waals surface area contributed by atoms with Gasteiger partial charge < -0.3 is 19.2 Å². The van der Waals surface area contributed by atoms with E-state index in [4.69, 9.17) is 9.47 Å². The highest BCUT2D eigenvalue weighted by Crippen LogP contribution is 2.31. The zero-order valence-corrected chi connectivity index (χ0v) is 16.1. The van der Waals surface area contributed by atoms with Crippen LogP contribution in [0.25, 0.3) is 5.52 Å². The van der Waals surface area contributed by atoms with Crippen LogP contribution in [0.2, 0.25) is 0 Å². The fourth-order valence-corrected chi connectivity index (χ4v) is 3.34. The summed E-state index contributed by atoms with van der Waals surface area (Å²) in [6, 6.07) is 11.1. The predicted octanol–water partition coefficient (Wildman–Crippen LogP) is 2.82. The Balaban J connectivity index is 1.19. The number of nitrogens with one attached hydrogen (secondary N) is 1. The van der Waals surface area contributed by atoms with Crippen LogP contribution in [0.15, 0.2) is 48.8 Å². The number of hydrogen-bond acceptors (Lipinski definition) is 5. The molecular formula is C22H23N3O4. The highest BCUT2D eigenvalue weighted by atomic mass is 16.6. The van der Waals surface area contributed by atoms with E-state index in [9.17, 15) is 9.59 Å². The second kappa shape index (κ2) is 8.77. The standard InChI is InChI=1S/C22H23N3O4/c26-18(16-6-8-19-20(14-16)29-13-12-28-19)7-9-22(27)23-10-3-5-21-24-15-17-4-1-2-11-25(17)21/h1-2,4,6,8,11,14-15H,3,5,7,9-10,12-13H2,(H,23,27). The third-order valence-corrected chi connectivity index (χ3v) is 4.86. The van der Waals surface area contributed by atoms with Crippen molar-refractivity contribution in [2.24, 2.45) is 0 Å². The number of amides is 1. The second-order valence-electron chi connectivity index (χ2n) is 6.91. The van der Waals surface area contributed by atoms with E-state index in [0.717, 1.165) is 24.2 Å². The summed E-state index contributed by atoms with van der Waals surface area (Å²) < 4.78 is 13.0. The molecule has 0 saturated heterocycles. The Morgan fingerprint density at radius 2 is 1.93 bits per heavy atom. The van der Waals surface area contributed by atoms with Crippen LogP contribution in [0.4, 0.5) is 0 Å². The van der Waals surface area contributed by atoms with Crippen molar-refractivity contribution in [3.05, 3.63) is 60.2 Å². The second-order valence-corrected chi connectivity index (χ2v) is 6.91. The van der Waals surface area contributed by atoms with Crippen molar-refractivity contribution in [1.29, 1.82) is 0 Å². The Morgan fingerprint density at radius 3 is 2.83 bits per heavy atom. The Bertz CT molecular complexity index is 1030. The number of carbonyl (C=O) groups excluding carboxylic acids is 2. The molecule has 0 fully saturated rings. The summed E-state index contributed by atoms with van der Waals surface area (Å²) in [7, 11) is 0. The van der Waals surface area contributed by atoms with Crippen LogP contribution in [0.3, 0.4) is 0 Å². The van der Waals surface area contributed by atoms with E-state index in [1.807, 2.05) is 35.0 Å². The SMILES string of the molecule is O=C(CCC(=O)c1ccc2c(c1)OCCO2)NCCCc1ncc2ccccn12. The molecule has 0 aliphatic carbocycles. The lowest BCUT2D eigenvalue weighted by Gasteiger charge is -2.18. The summed E-state index contributed by atoms with van der Waals surface area (Å²) in [4.78, 5) is 28.8. The van der Waals surface area contributed by atoms with Crippen molar-refractivity contribution in [3.63, 3.8) is 0 Å². The van der Waals surface area contributed by atoms with Crippen LogP contribution in [-0.2, 0) is 11.2 Å². The molecule has 0 spiro atoms. The van der Waals surface area contributed by atoms with Crippen LogP contribution < -0.4 is 14.8 Å². The lowest BCUT2D eigenvalue weighted by Crippen LogP contribution is -2.25. The highest BCUT2D eigenvalue weighted by Gasteiger charge is 2.15. The number of fused-ring (bicyclic) bond motifs is 2. The fourth-order valence-electron chi connectivity index (χ4n) is 3.34. The molecule has 0 atom stereocenters. The van der Waals surface area contributed by atoms with E-state index < -0.39 is 0 Å². The first-order valence-electron chi connectivity index (χ1n) is 9.81. The zero-order chi connectivity index (χ0) is 20.1. The van der Waals surface area contributed by atoms with Gasteiger partial charge in [-0.1, -0.05) is 6.07 Å². The number of rotatable bonds is 8. The van der Waals surface area contributed by atoms with Gasteiger partial charge in [-0.3, -0.25) is 9.59 Å². The predicted molar refractivity (Wildman–Crippen MR) is 108 cm³/mol.